The molecule has 2 aliphatic rings. The number of piperidine rings is 1. The summed E-state index contributed by atoms with van der Waals surface area (Å²) in [7, 11) is -3.24. The number of fused-ring (bicyclic) bond motifs is 1. The highest BCUT2D eigenvalue weighted by Crippen LogP contribution is 2.63. The summed E-state index contributed by atoms with van der Waals surface area (Å²) in [5.74, 6) is -2.17. The molecule has 1 aliphatic carbocycles. The van der Waals surface area contributed by atoms with E-state index in [1.54, 1.807) is 0 Å². The van der Waals surface area contributed by atoms with Crippen LogP contribution in [-0.4, -0.2) is 83.8 Å². The van der Waals surface area contributed by atoms with Crippen LogP contribution in [0, 0.1) is 11.8 Å². The molecular formula is C26H34N2O8S. The topological polar surface area (TPSA) is 164 Å². The van der Waals surface area contributed by atoms with Crippen LogP contribution in [0.2, 0.25) is 0 Å². The van der Waals surface area contributed by atoms with Gasteiger partial charge in [0.15, 0.2) is 12.2 Å². The van der Waals surface area contributed by atoms with Gasteiger partial charge in [0, 0.05) is 24.2 Å². The number of rotatable bonds is 10. The number of likely N-dealkylation sites (tertiary alicyclic amines) is 1. The Bertz CT molecular complexity index is 1170. The second-order valence-electron chi connectivity index (χ2n) is 9.87. The predicted octanol–water partition coefficient (Wildman–Crippen LogP) is 1.39. The number of hydrogen-bond acceptors (Lipinski definition) is 7. The Morgan fingerprint density at radius 2 is 1.57 bits per heavy atom. The van der Waals surface area contributed by atoms with Gasteiger partial charge in [-0.2, -0.15) is 0 Å². The van der Waals surface area contributed by atoms with E-state index in [9.17, 15) is 18.0 Å². The van der Waals surface area contributed by atoms with E-state index in [-0.39, 0.29) is 5.41 Å². The van der Waals surface area contributed by atoms with Crippen molar-refractivity contribution in [2.45, 2.75) is 37.4 Å². The molecule has 0 amide bonds. The Morgan fingerprint density at radius 3 is 2.08 bits per heavy atom. The van der Waals surface area contributed by atoms with Crippen LogP contribution in [0.15, 0.2) is 54.6 Å². The number of aryl methyl sites for hydroxylation is 1. The van der Waals surface area contributed by atoms with Crippen molar-refractivity contribution < 1.29 is 38.4 Å². The maximum Gasteiger partial charge on any atom is 0.335 e. The number of aliphatic carboxylic acids is 2. The highest BCUT2D eigenvalue weighted by Gasteiger charge is 2.65. The molecule has 4 rings (SSSR count). The van der Waals surface area contributed by atoms with E-state index in [1.165, 1.54) is 23.8 Å². The quantitative estimate of drug-likeness (QED) is 0.303. The molecule has 0 aromatic heterocycles. The van der Waals surface area contributed by atoms with E-state index < -0.39 is 34.2 Å². The lowest BCUT2D eigenvalue weighted by molar-refractivity contribution is -0.165. The van der Waals surface area contributed by atoms with E-state index >= 15 is 0 Å². The minimum atomic E-state index is -3.24. The lowest BCUT2D eigenvalue weighted by Crippen LogP contribution is -2.39. The summed E-state index contributed by atoms with van der Waals surface area (Å²) in [6, 6.07) is 18.6. The predicted molar refractivity (Wildman–Crippen MR) is 138 cm³/mol. The fourth-order valence-electron chi connectivity index (χ4n) is 5.13. The van der Waals surface area contributed by atoms with E-state index in [1.807, 2.05) is 18.2 Å². The van der Waals surface area contributed by atoms with Crippen molar-refractivity contribution >= 4 is 27.6 Å². The van der Waals surface area contributed by atoms with Crippen molar-refractivity contribution in [3.05, 3.63) is 65.7 Å². The van der Waals surface area contributed by atoms with E-state index in [2.05, 4.69) is 52.9 Å². The molecule has 37 heavy (non-hydrogen) atoms. The molecule has 2 fully saturated rings. The van der Waals surface area contributed by atoms with Gasteiger partial charge in [0.05, 0.1) is 6.26 Å². The first-order valence-electron chi connectivity index (χ1n) is 12.0. The second kappa shape index (κ2) is 11.6. The zero-order valence-electron chi connectivity index (χ0n) is 20.8. The summed E-state index contributed by atoms with van der Waals surface area (Å²) < 4.78 is 25.6. The molecule has 1 saturated carbocycles. The number of nitrogens with one attached hydrogen (secondary N) is 1. The lowest BCUT2D eigenvalue weighted by Gasteiger charge is -2.24. The SMILES string of the molecule is CC1(c2cccc(NS(C)(=O)=O)c2)C2CN(CCCc3ccccc3)CC21.O=C(O)[C@H](O)[C@@H](O)C(=O)O. The van der Waals surface area contributed by atoms with Crippen molar-refractivity contribution in [2.75, 3.05) is 30.6 Å². The smallest absolute Gasteiger partial charge is 0.335 e. The average molecular weight is 535 g/mol. The third-order valence-electron chi connectivity index (χ3n) is 7.20. The van der Waals surface area contributed by atoms with Crippen LogP contribution in [-0.2, 0) is 31.4 Å². The Labute approximate surface area is 216 Å². The standard InChI is InChI=1S/C22H28N2O2S.C4H6O6/c1-22(18-11-6-12-19(14-18)23-27(2,25)26)20-15-24(16-21(20)22)13-7-10-17-8-4-3-5-9-17;5-1(3(7)8)2(6)4(9)10/h3-6,8-9,11-12,14,20-21,23H,7,10,13,15-16H2,1-2H3;1-2,5-6H,(H,7,8)(H,9,10)/t;1-,2-/m.1/s1. The van der Waals surface area contributed by atoms with Gasteiger partial charge in [-0.15, -0.1) is 0 Å². The molecule has 1 saturated heterocycles. The van der Waals surface area contributed by atoms with Crippen LogP contribution in [0.25, 0.3) is 0 Å². The number of nitrogens with zero attached hydrogens (tertiary/aromatic N) is 1. The first kappa shape index (κ1) is 28.6. The minimum absolute atomic E-state index is 0.186. The van der Waals surface area contributed by atoms with Gasteiger partial charge in [0.2, 0.25) is 10.0 Å². The number of carboxylic acid groups (broad SMARTS) is 2. The number of aliphatic hydroxyl groups excluding tert-OH is 2. The first-order valence-corrected chi connectivity index (χ1v) is 13.9. The van der Waals surface area contributed by atoms with Crippen molar-refractivity contribution in [2.24, 2.45) is 11.8 Å². The second-order valence-corrected chi connectivity index (χ2v) is 11.6. The third-order valence-corrected chi connectivity index (χ3v) is 7.81. The Morgan fingerprint density at radius 1 is 1.00 bits per heavy atom. The maximum absolute atomic E-state index is 11.5. The molecule has 1 aliphatic heterocycles. The summed E-state index contributed by atoms with van der Waals surface area (Å²) >= 11 is 0. The van der Waals surface area contributed by atoms with Crippen molar-refractivity contribution in [3.63, 3.8) is 0 Å². The van der Waals surface area contributed by atoms with Crippen LogP contribution in [0.1, 0.15) is 24.5 Å². The summed E-state index contributed by atoms with van der Waals surface area (Å²) in [6.07, 6.45) is -0.993. The van der Waals surface area contributed by atoms with Gasteiger partial charge in [-0.25, -0.2) is 18.0 Å². The van der Waals surface area contributed by atoms with Crippen molar-refractivity contribution in [3.8, 4) is 0 Å². The van der Waals surface area contributed by atoms with E-state index in [4.69, 9.17) is 20.4 Å². The molecule has 1 heterocycles. The fourth-order valence-corrected chi connectivity index (χ4v) is 5.68. The zero-order valence-corrected chi connectivity index (χ0v) is 21.6. The van der Waals surface area contributed by atoms with Gasteiger partial charge < -0.3 is 25.3 Å². The number of carboxylic acids is 2. The van der Waals surface area contributed by atoms with Crippen LogP contribution in [0.5, 0.6) is 0 Å². The van der Waals surface area contributed by atoms with E-state index in [0.717, 1.165) is 26.1 Å². The van der Waals surface area contributed by atoms with Crippen LogP contribution in [0.3, 0.4) is 0 Å². The van der Waals surface area contributed by atoms with Crippen LogP contribution < -0.4 is 4.72 Å². The third kappa shape index (κ3) is 7.29. The molecular weight excluding hydrogens is 500 g/mol. The molecule has 11 heteroatoms. The van der Waals surface area contributed by atoms with Gasteiger partial charge in [-0.1, -0.05) is 49.4 Å². The minimum Gasteiger partial charge on any atom is -0.479 e. The largest absolute Gasteiger partial charge is 0.479 e. The van der Waals surface area contributed by atoms with Crippen LogP contribution >= 0.6 is 0 Å². The molecule has 2 aromatic rings. The van der Waals surface area contributed by atoms with Crippen molar-refractivity contribution in [1.82, 2.24) is 4.90 Å². The van der Waals surface area contributed by atoms with E-state index in [0.29, 0.717) is 17.5 Å². The summed E-state index contributed by atoms with van der Waals surface area (Å²) in [4.78, 5) is 22.1. The van der Waals surface area contributed by atoms with Crippen molar-refractivity contribution in [1.29, 1.82) is 0 Å². The molecule has 2 unspecified atom stereocenters. The van der Waals surface area contributed by atoms with Gasteiger partial charge >= 0.3 is 11.9 Å². The summed E-state index contributed by atoms with van der Waals surface area (Å²) in [5.41, 5.74) is 3.53. The number of hydrogen-bond donors (Lipinski definition) is 5. The number of carbonyl (C=O) groups is 2. The maximum atomic E-state index is 11.5. The van der Waals surface area contributed by atoms with Crippen LogP contribution in [0.4, 0.5) is 5.69 Å². The molecule has 2 aromatic carbocycles. The molecule has 0 spiro atoms. The molecule has 0 radical (unpaired) electrons. The molecule has 202 valence electrons. The van der Waals surface area contributed by atoms with Gasteiger partial charge in [0.1, 0.15) is 0 Å². The van der Waals surface area contributed by atoms with Gasteiger partial charge in [-0.3, -0.25) is 4.72 Å². The Balaban J connectivity index is 0.000000325. The number of aliphatic hydroxyl groups is 2. The molecule has 0 bridgehead atoms. The highest BCUT2D eigenvalue weighted by atomic mass is 32.2. The Kier molecular flexibility index (Phi) is 8.96. The monoisotopic (exact) mass is 534 g/mol. The average Bonchev–Trinajstić information content (AvgIpc) is 3.16. The molecule has 10 nitrogen and oxygen atoms in total. The Hall–Kier alpha value is -2.99. The molecule has 4 atom stereocenters. The first-order chi connectivity index (χ1) is 17.3. The molecule has 5 N–H and O–H groups in total. The summed E-state index contributed by atoms with van der Waals surface area (Å²) in [6.45, 7) is 5.80. The van der Waals surface area contributed by atoms with Gasteiger partial charge in [0.25, 0.3) is 0 Å². The zero-order chi connectivity index (χ0) is 27.4. The number of sulfonamides is 1. The fraction of sp³-hybridized carbons (Fsp3) is 0.462. The lowest BCUT2D eigenvalue weighted by atomic mass is 9.92. The van der Waals surface area contributed by atoms with Gasteiger partial charge in [-0.05, 0) is 54.5 Å². The highest BCUT2D eigenvalue weighted by molar-refractivity contribution is 7.92. The number of anilines is 1. The number of benzene rings is 2. The normalized spacial score (nSPS) is 24.2. The summed E-state index contributed by atoms with van der Waals surface area (Å²) in [5, 5.41) is 32.5.